The van der Waals surface area contributed by atoms with Crippen molar-refractivity contribution < 1.29 is 0 Å². The van der Waals surface area contributed by atoms with Crippen LogP contribution in [0.25, 0.3) is 0 Å². The van der Waals surface area contributed by atoms with Gasteiger partial charge in [0.25, 0.3) is 0 Å². The Hall–Kier alpha value is 0.350. The molecule has 0 aliphatic carbocycles. The summed E-state index contributed by atoms with van der Waals surface area (Å²) < 4.78 is 0.245. The highest BCUT2D eigenvalue weighted by atomic mass is 32.1. The van der Waals surface area contributed by atoms with Gasteiger partial charge in [0.1, 0.15) is 0 Å². The number of hydrogen-bond acceptors (Lipinski definition) is 1. The third-order valence-electron chi connectivity index (χ3n) is 3.03. The molecular formula is C10H22S. The highest BCUT2D eigenvalue weighted by molar-refractivity contribution is 7.81. The van der Waals surface area contributed by atoms with E-state index >= 15 is 0 Å². The van der Waals surface area contributed by atoms with Gasteiger partial charge in [0.05, 0.1) is 0 Å². The summed E-state index contributed by atoms with van der Waals surface area (Å²) in [6.45, 7) is 11.3. The van der Waals surface area contributed by atoms with Gasteiger partial charge in [-0.1, -0.05) is 41.0 Å². The van der Waals surface area contributed by atoms with Crippen LogP contribution in [0.4, 0.5) is 0 Å². The predicted octanol–water partition coefficient (Wildman–Crippen LogP) is 3.77. The first-order chi connectivity index (χ1) is 4.99. The third-order valence-corrected chi connectivity index (χ3v) is 4.31. The van der Waals surface area contributed by atoms with E-state index in [2.05, 4.69) is 34.6 Å². The second-order valence-electron chi connectivity index (χ2n) is 3.81. The monoisotopic (exact) mass is 174 g/mol. The fraction of sp³-hybridized carbons (Fsp3) is 1.00. The van der Waals surface area contributed by atoms with E-state index in [-0.39, 0.29) is 4.75 Å². The third kappa shape index (κ3) is 2.40. The molecule has 0 radical (unpaired) electrons. The van der Waals surface area contributed by atoms with Crippen LogP contribution in [0.15, 0.2) is 0 Å². The molecule has 0 N–H and O–H groups in total. The average Bonchev–Trinajstić information content (AvgIpc) is 2.01. The molecule has 0 spiro atoms. The van der Waals surface area contributed by atoms with E-state index in [9.17, 15) is 0 Å². The van der Waals surface area contributed by atoms with E-state index in [1.54, 1.807) is 0 Å². The lowest BCUT2D eigenvalue weighted by Crippen LogP contribution is -2.35. The van der Waals surface area contributed by atoms with Gasteiger partial charge in [-0.15, -0.1) is 0 Å². The first-order valence-corrected chi connectivity index (χ1v) is 5.16. The maximum Gasteiger partial charge on any atom is 0.0175 e. The fourth-order valence-corrected chi connectivity index (χ4v) is 1.86. The SMILES string of the molecule is CCC(C)C(S)(CC)C(C)C. The Morgan fingerprint density at radius 2 is 1.64 bits per heavy atom. The smallest absolute Gasteiger partial charge is 0.0175 e. The van der Waals surface area contributed by atoms with Gasteiger partial charge in [-0.05, 0) is 18.3 Å². The molecule has 0 bridgehead atoms. The molecule has 0 amide bonds. The van der Waals surface area contributed by atoms with Crippen LogP contribution < -0.4 is 0 Å². The van der Waals surface area contributed by atoms with Crippen molar-refractivity contribution in [1.29, 1.82) is 0 Å². The fourth-order valence-electron chi connectivity index (χ4n) is 1.68. The van der Waals surface area contributed by atoms with Gasteiger partial charge in [0.15, 0.2) is 0 Å². The summed E-state index contributed by atoms with van der Waals surface area (Å²) in [6.07, 6.45) is 2.40. The van der Waals surface area contributed by atoms with Gasteiger partial charge >= 0.3 is 0 Å². The van der Waals surface area contributed by atoms with E-state index in [4.69, 9.17) is 12.6 Å². The molecule has 0 aromatic heterocycles. The Labute approximate surface area is 77.2 Å². The van der Waals surface area contributed by atoms with Gasteiger partial charge < -0.3 is 0 Å². The van der Waals surface area contributed by atoms with Crippen LogP contribution in [0, 0.1) is 11.8 Å². The molecule has 2 atom stereocenters. The van der Waals surface area contributed by atoms with Crippen LogP contribution >= 0.6 is 12.6 Å². The van der Waals surface area contributed by atoms with E-state index in [0.29, 0.717) is 5.92 Å². The molecule has 0 aliphatic heterocycles. The summed E-state index contributed by atoms with van der Waals surface area (Å²) in [5.74, 6) is 1.39. The van der Waals surface area contributed by atoms with Crippen LogP contribution in [-0.2, 0) is 0 Å². The van der Waals surface area contributed by atoms with Crippen LogP contribution in [0.2, 0.25) is 0 Å². The first-order valence-electron chi connectivity index (χ1n) is 4.71. The Kier molecular flexibility index (Phi) is 4.53. The van der Waals surface area contributed by atoms with Crippen molar-refractivity contribution in [3.63, 3.8) is 0 Å². The lowest BCUT2D eigenvalue weighted by atomic mass is 9.80. The molecule has 11 heavy (non-hydrogen) atoms. The minimum absolute atomic E-state index is 0.245. The number of rotatable bonds is 4. The zero-order valence-corrected chi connectivity index (χ0v) is 9.41. The molecular weight excluding hydrogens is 152 g/mol. The lowest BCUT2D eigenvalue weighted by Gasteiger charge is -2.37. The lowest BCUT2D eigenvalue weighted by molar-refractivity contribution is 0.302. The second-order valence-corrected chi connectivity index (χ2v) is 4.64. The summed E-state index contributed by atoms with van der Waals surface area (Å²) in [4.78, 5) is 0. The topological polar surface area (TPSA) is 0 Å². The van der Waals surface area contributed by atoms with Crippen LogP contribution in [0.3, 0.4) is 0 Å². The van der Waals surface area contributed by atoms with Gasteiger partial charge in [-0.25, -0.2) is 0 Å². The largest absolute Gasteiger partial charge is 0.172 e. The number of hydrogen-bond donors (Lipinski definition) is 1. The maximum atomic E-state index is 4.79. The molecule has 2 unspecified atom stereocenters. The van der Waals surface area contributed by atoms with Gasteiger partial charge in [-0.2, -0.15) is 12.6 Å². The van der Waals surface area contributed by atoms with Gasteiger partial charge in [0.2, 0.25) is 0 Å². The highest BCUT2D eigenvalue weighted by Crippen LogP contribution is 2.37. The van der Waals surface area contributed by atoms with Crippen molar-refractivity contribution in [2.45, 2.75) is 52.2 Å². The Bertz CT molecular complexity index is 109. The Morgan fingerprint density at radius 3 is 1.73 bits per heavy atom. The standard InChI is InChI=1S/C10H22S/c1-6-9(5)10(11,7-2)8(3)4/h8-9,11H,6-7H2,1-5H3. The zero-order valence-electron chi connectivity index (χ0n) is 8.52. The van der Waals surface area contributed by atoms with E-state index in [1.165, 1.54) is 12.8 Å². The molecule has 0 aromatic carbocycles. The van der Waals surface area contributed by atoms with E-state index in [1.807, 2.05) is 0 Å². The molecule has 1 heteroatoms. The molecule has 0 saturated carbocycles. The van der Waals surface area contributed by atoms with Crippen molar-refractivity contribution in [2.24, 2.45) is 11.8 Å². The van der Waals surface area contributed by atoms with Crippen molar-refractivity contribution >= 4 is 12.6 Å². The molecule has 0 rings (SSSR count). The summed E-state index contributed by atoms with van der Waals surface area (Å²) in [5, 5.41) is 0. The van der Waals surface area contributed by atoms with Crippen molar-refractivity contribution in [3.05, 3.63) is 0 Å². The molecule has 0 aromatic rings. The molecule has 0 saturated heterocycles. The summed E-state index contributed by atoms with van der Waals surface area (Å²) in [7, 11) is 0. The second kappa shape index (κ2) is 4.39. The predicted molar refractivity (Wildman–Crippen MR) is 56.3 cm³/mol. The first kappa shape index (κ1) is 11.4. The Balaban J connectivity index is 4.32. The van der Waals surface area contributed by atoms with E-state index in [0.717, 1.165) is 5.92 Å². The summed E-state index contributed by atoms with van der Waals surface area (Å²) in [5.41, 5.74) is 0. The van der Waals surface area contributed by atoms with Gasteiger partial charge in [0, 0.05) is 4.75 Å². The number of thiol groups is 1. The summed E-state index contributed by atoms with van der Waals surface area (Å²) in [6, 6.07) is 0. The van der Waals surface area contributed by atoms with E-state index < -0.39 is 0 Å². The van der Waals surface area contributed by atoms with Crippen LogP contribution in [-0.4, -0.2) is 4.75 Å². The van der Waals surface area contributed by atoms with Gasteiger partial charge in [-0.3, -0.25) is 0 Å². The normalized spacial score (nSPS) is 19.9. The van der Waals surface area contributed by atoms with Crippen molar-refractivity contribution in [1.82, 2.24) is 0 Å². The van der Waals surface area contributed by atoms with Crippen LogP contribution in [0.5, 0.6) is 0 Å². The zero-order chi connectivity index (χ0) is 9.07. The maximum absolute atomic E-state index is 4.79. The molecule has 68 valence electrons. The molecule has 0 heterocycles. The van der Waals surface area contributed by atoms with Crippen molar-refractivity contribution in [3.8, 4) is 0 Å². The van der Waals surface area contributed by atoms with Crippen molar-refractivity contribution in [2.75, 3.05) is 0 Å². The molecule has 0 aliphatic rings. The van der Waals surface area contributed by atoms with Crippen LogP contribution in [0.1, 0.15) is 47.5 Å². The molecule has 0 fully saturated rings. The minimum Gasteiger partial charge on any atom is -0.172 e. The average molecular weight is 174 g/mol. The quantitative estimate of drug-likeness (QED) is 0.616. The molecule has 0 nitrogen and oxygen atoms in total. The summed E-state index contributed by atoms with van der Waals surface area (Å²) >= 11 is 4.79. The minimum atomic E-state index is 0.245. The highest BCUT2D eigenvalue weighted by Gasteiger charge is 2.32. The Morgan fingerprint density at radius 1 is 1.18 bits per heavy atom.